The molecule has 1 heterocycles. The molecule has 0 N–H and O–H groups in total. The molecule has 0 aliphatic carbocycles. The highest BCUT2D eigenvalue weighted by molar-refractivity contribution is 6.32. The first-order valence-electron chi connectivity index (χ1n) is 3.50. The third-order valence-corrected chi connectivity index (χ3v) is 1.99. The van der Waals surface area contributed by atoms with Gasteiger partial charge in [-0.3, -0.25) is 4.79 Å². The van der Waals surface area contributed by atoms with Crippen molar-refractivity contribution >= 4 is 29.2 Å². The molecule has 0 fully saturated rings. The van der Waals surface area contributed by atoms with Crippen molar-refractivity contribution in [3.8, 4) is 0 Å². The van der Waals surface area contributed by atoms with Crippen LogP contribution in [-0.4, -0.2) is 18.1 Å². The summed E-state index contributed by atoms with van der Waals surface area (Å²) < 4.78 is 4.48. The van der Waals surface area contributed by atoms with E-state index in [0.717, 1.165) is 0 Å². The summed E-state index contributed by atoms with van der Waals surface area (Å²) in [6, 6.07) is 1.59. The van der Waals surface area contributed by atoms with Crippen LogP contribution in [0.2, 0.25) is 10.2 Å². The van der Waals surface area contributed by atoms with Gasteiger partial charge >= 0.3 is 5.97 Å². The first-order valence-corrected chi connectivity index (χ1v) is 4.26. The third kappa shape index (κ3) is 2.86. The zero-order chi connectivity index (χ0) is 9.84. The van der Waals surface area contributed by atoms with Crippen LogP contribution in [0.5, 0.6) is 0 Å². The predicted molar refractivity (Wildman–Crippen MR) is 50.0 cm³/mol. The van der Waals surface area contributed by atoms with Crippen LogP contribution in [0.1, 0.15) is 5.56 Å². The molecule has 0 bridgehead atoms. The number of rotatable bonds is 2. The van der Waals surface area contributed by atoms with E-state index < -0.39 is 0 Å². The van der Waals surface area contributed by atoms with Gasteiger partial charge in [-0.15, -0.1) is 0 Å². The fraction of sp³-hybridized carbons (Fsp3) is 0.250. The van der Waals surface area contributed by atoms with Gasteiger partial charge in [-0.05, 0) is 6.07 Å². The average Bonchev–Trinajstić information content (AvgIpc) is 2.11. The van der Waals surface area contributed by atoms with E-state index >= 15 is 0 Å². The van der Waals surface area contributed by atoms with Crippen LogP contribution in [0, 0.1) is 0 Å². The minimum atomic E-state index is -0.369. The van der Waals surface area contributed by atoms with Gasteiger partial charge in [0.15, 0.2) is 0 Å². The monoisotopic (exact) mass is 219 g/mol. The van der Waals surface area contributed by atoms with Crippen molar-refractivity contribution in [2.75, 3.05) is 7.11 Å². The Morgan fingerprint density at radius 1 is 1.62 bits per heavy atom. The van der Waals surface area contributed by atoms with Crippen LogP contribution in [-0.2, 0) is 16.0 Å². The first kappa shape index (κ1) is 10.3. The molecule has 3 nitrogen and oxygen atoms in total. The van der Waals surface area contributed by atoms with Crippen molar-refractivity contribution in [2.45, 2.75) is 6.42 Å². The van der Waals surface area contributed by atoms with E-state index in [9.17, 15) is 4.79 Å². The van der Waals surface area contributed by atoms with Crippen molar-refractivity contribution in [1.29, 1.82) is 0 Å². The molecular formula is C8H7Cl2NO2. The van der Waals surface area contributed by atoms with Crippen LogP contribution in [0.25, 0.3) is 0 Å². The maximum atomic E-state index is 10.9. The van der Waals surface area contributed by atoms with Crippen LogP contribution in [0.15, 0.2) is 12.3 Å². The first-order chi connectivity index (χ1) is 6.13. The highest BCUT2D eigenvalue weighted by Gasteiger charge is 2.08. The Balaban J connectivity index is 2.87. The molecular weight excluding hydrogens is 213 g/mol. The van der Waals surface area contributed by atoms with Crippen LogP contribution in [0.3, 0.4) is 0 Å². The lowest BCUT2D eigenvalue weighted by molar-refractivity contribution is -0.139. The lowest BCUT2D eigenvalue weighted by Crippen LogP contribution is -2.05. The average molecular weight is 220 g/mol. The summed E-state index contributed by atoms with van der Waals surface area (Å²) >= 11 is 11.4. The highest BCUT2D eigenvalue weighted by Crippen LogP contribution is 2.18. The van der Waals surface area contributed by atoms with Gasteiger partial charge < -0.3 is 4.74 Å². The standard InChI is InChI=1S/C8H7Cl2NO2/c1-13-7(12)3-5-2-6(9)4-11-8(5)10/h2,4H,3H2,1H3. The summed E-state index contributed by atoms with van der Waals surface area (Å²) in [6.07, 6.45) is 1.51. The van der Waals surface area contributed by atoms with Crippen molar-refractivity contribution < 1.29 is 9.53 Å². The number of aromatic nitrogens is 1. The van der Waals surface area contributed by atoms with Gasteiger partial charge in [-0.2, -0.15) is 0 Å². The van der Waals surface area contributed by atoms with Crippen LogP contribution in [0.4, 0.5) is 0 Å². The number of pyridine rings is 1. The van der Waals surface area contributed by atoms with Gasteiger partial charge in [0.1, 0.15) is 5.15 Å². The Labute approximate surface area is 85.6 Å². The molecule has 1 rings (SSSR count). The Kier molecular flexibility index (Phi) is 3.51. The molecule has 0 radical (unpaired) electrons. The third-order valence-electron chi connectivity index (χ3n) is 1.44. The molecule has 1 aromatic rings. The van der Waals surface area contributed by atoms with Crippen LogP contribution >= 0.6 is 23.2 Å². The van der Waals surface area contributed by atoms with E-state index in [4.69, 9.17) is 23.2 Å². The minimum Gasteiger partial charge on any atom is -0.469 e. The van der Waals surface area contributed by atoms with Gasteiger partial charge in [0.25, 0.3) is 0 Å². The summed E-state index contributed by atoms with van der Waals surface area (Å²) in [5, 5.41) is 0.720. The number of hydrogen-bond donors (Lipinski definition) is 0. The SMILES string of the molecule is COC(=O)Cc1cc(Cl)cnc1Cl. The second-order valence-corrected chi connectivity index (χ2v) is 3.15. The number of halogens is 2. The lowest BCUT2D eigenvalue weighted by Gasteiger charge is -2.01. The number of hydrogen-bond acceptors (Lipinski definition) is 3. The molecule has 1 aromatic heterocycles. The smallest absolute Gasteiger partial charge is 0.310 e. The number of carbonyl (C=O) groups excluding carboxylic acids is 1. The van der Waals surface area contributed by atoms with Crippen molar-refractivity contribution in [3.05, 3.63) is 28.0 Å². The Hall–Kier alpha value is -0.800. The summed E-state index contributed by atoms with van der Waals surface area (Å²) in [5.41, 5.74) is 0.570. The van der Waals surface area contributed by atoms with E-state index in [1.165, 1.54) is 13.3 Å². The van der Waals surface area contributed by atoms with E-state index in [2.05, 4.69) is 9.72 Å². The summed E-state index contributed by atoms with van der Waals surface area (Å²) in [5.74, 6) is -0.369. The van der Waals surface area contributed by atoms with E-state index in [1.807, 2.05) is 0 Å². The fourth-order valence-corrected chi connectivity index (χ4v) is 1.17. The highest BCUT2D eigenvalue weighted by atomic mass is 35.5. The molecule has 0 spiro atoms. The minimum absolute atomic E-state index is 0.0862. The normalized spacial score (nSPS) is 9.77. The summed E-state index contributed by atoms with van der Waals surface area (Å²) in [7, 11) is 1.31. The second kappa shape index (κ2) is 4.44. The molecule has 0 amide bonds. The largest absolute Gasteiger partial charge is 0.469 e. The Bertz CT molecular complexity index is 328. The molecule has 0 saturated carbocycles. The number of methoxy groups -OCH3 is 1. The van der Waals surface area contributed by atoms with Crippen molar-refractivity contribution in [1.82, 2.24) is 4.98 Å². The van der Waals surface area contributed by atoms with E-state index in [0.29, 0.717) is 10.6 Å². The second-order valence-electron chi connectivity index (χ2n) is 2.36. The van der Waals surface area contributed by atoms with E-state index in [1.54, 1.807) is 6.07 Å². The molecule has 0 atom stereocenters. The van der Waals surface area contributed by atoms with Crippen molar-refractivity contribution in [2.24, 2.45) is 0 Å². The molecule has 13 heavy (non-hydrogen) atoms. The number of esters is 1. The summed E-state index contributed by atoms with van der Waals surface area (Å²) in [4.78, 5) is 14.7. The van der Waals surface area contributed by atoms with Crippen molar-refractivity contribution in [3.63, 3.8) is 0 Å². The lowest BCUT2D eigenvalue weighted by atomic mass is 10.2. The Morgan fingerprint density at radius 2 is 2.31 bits per heavy atom. The van der Waals surface area contributed by atoms with Gasteiger partial charge in [0.2, 0.25) is 0 Å². The van der Waals surface area contributed by atoms with Gasteiger partial charge in [0.05, 0.1) is 18.6 Å². The maximum absolute atomic E-state index is 10.9. The predicted octanol–water partition coefficient (Wildman–Crippen LogP) is 2.10. The van der Waals surface area contributed by atoms with Gasteiger partial charge in [0, 0.05) is 11.8 Å². The molecule has 70 valence electrons. The van der Waals surface area contributed by atoms with E-state index in [-0.39, 0.29) is 17.5 Å². The number of carbonyl (C=O) groups is 1. The maximum Gasteiger partial charge on any atom is 0.310 e. The molecule has 0 saturated heterocycles. The molecule has 0 aromatic carbocycles. The number of ether oxygens (including phenoxy) is 1. The van der Waals surface area contributed by atoms with Gasteiger partial charge in [-0.1, -0.05) is 23.2 Å². The van der Waals surface area contributed by atoms with Crippen LogP contribution < -0.4 is 0 Å². The fourth-order valence-electron chi connectivity index (χ4n) is 0.816. The molecule has 0 aliphatic rings. The van der Waals surface area contributed by atoms with Gasteiger partial charge in [-0.25, -0.2) is 4.98 Å². The molecule has 0 unspecified atom stereocenters. The zero-order valence-corrected chi connectivity index (χ0v) is 8.39. The molecule has 5 heteroatoms. The number of nitrogens with zero attached hydrogens (tertiary/aromatic N) is 1. The zero-order valence-electron chi connectivity index (χ0n) is 6.88. The Morgan fingerprint density at radius 3 is 2.92 bits per heavy atom. The molecule has 0 aliphatic heterocycles. The topological polar surface area (TPSA) is 39.2 Å². The quantitative estimate of drug-likeness (QED) is 0.565. The summed E-state index contributed by atoms with van der Waals surface area (Å²) in [6.45, 7) is 0.